The van der Waals surface area contributed by atoms with Gasteiger partial charge in [-0.3, -0.25) is 0 Å². The van der Waals surface area contributed by atoms with E-state index < -0.39 is 0 Å². The average molecular weight is 300 g/mol. The van der Waals surface area contributed by atoms with E-state index in [1.807, 2.05) is 42.5 Å². The molecule has 0 saturated heterocycles. The van der Waals surface area contributed by atoms with Gasteiger partial charge in [-0.25, -0.2) is 0 Å². The zero-order valence-corrected chi connectivity index (χ0v) is 13.0. The Kier molecular flexibility index (Phi) is 5.65. The van der Waals surface area contributed by atoms with Gasteiger partial charge in [0.2, 0.25) is 0 Å². The van der Waals surface area contributed by atoms with Crippen LogP contribution in [0.15, 0.2) is 47.6 Å². The van der Waals surface area contributed by atoms with Crippen molar-refractivity contribution in [3.05, 3.63) is 53.6 Å². The molecule has 0 aliphatic heterocycles. The molecule has 0 aromatic heterocycles. The van der Waals surface area contributed by atoms with Crippen molar-refractivity contribution in [3.63, 3.8) is 0 Å². The SMILES string of the molecule is COc1ccccc1CN/N=C/c1ccc(OC)c(OC)c1. The molecular formula is C17H20N2O3. The number of benzene rings is 2. The fourth-order valence-corrected chi connectivity index (χ4v) is 2.03. The second-order valence-electron chi connectivity index (χ2n) is 4.52. The Labute approximate surface area is 130 Å². The van der Waals surface area contributed by atoms with E-state index in [4.69, 9.17) is 14.2 Å². The van der Waals surface area contributed by atoms with E-state index in [1.54, 1.807) is 27.5 Å². The Morgan fingerprint density at radius 1 is 0.909 bits per heavy atom. The van der Waals surface area contributed by atoms with Crippen LogP contribution in [0.4, 0.5) is 0 Å². The molecule has 2 aromatic rings. The van der Waals surface area contributed by atoms with Crippen LogP contribution in [0, 0.1) is 0 Å². The van der Waals surface area contributed by atoms with Crippen LogP contribution in [0.5, 0.6) is 17.2 Å². The van der Waals surface area contributed by atoms with E-state index in [0.29, 0.717) is 18.0 Å². The number of hydrogen-bond donors (Lipinski definition) is 1. The fraction of sp³-hybridized carbons (Fsp3) is 0.235. The Morgan fingerprint density at radius 2 is 1.64 bits per heavy atom. The molecule has 0 unspecified atom stereocenters. The zero-order valence-electron chi connectivity index (χ0n) is 13.0. The van der Waals surface area contributed by atoms with E-state index in [0.717, 1.165) is 16.9 Å². The lowest BCUT2D eigenvalue weighted by Gasteiger charge is -2.08. The lowest BCUT2D eigenvalue weighted by Crippen LogP contribution is -2.06. The van der Waals surface area contributed by atoms with Crippen LogP contribution in [0.3, 0.4) is 0 Å². The summed E-state index contributed by atoms with van der Waals surface area (Å²) in [6.07, 6.45) is 1.73. The molecule has 0 spiro atoms. The zero-order chi connectivity index (χ0) is 15.8. The highest BCUT2D eigenvalue weighted by molar-refractivity contribution is 5.80. The molecule has 0 bridgehead atoms. The Hall–Kier alpha value is -2.69. The Balaban J connectivity index is 1.98. The summed E-state index contributed by atoms with van der Waals surface area (Å²) in [4.78, 5) is 0. The molecule has 0 atom stereocenters. The summed E-state index contributed by atoms with van der Waals surface area (Å²) in [5.41, 5.74) is 4.98. The molecule has 0 fully saturated rings. The molecule has 116 valence electrons. The summed E-state index contributed by atoms with van der Waals surface area (Å²) < 4.78 is 15.8. The third kappa shape index (κ3) is 3.91. The van der Waals surface area contributed by atoms with Gasteiger partial charge < -0.3 is 19.6 Å². The van der Waals surface area contributed by atoms with E-state index in [2.05, 4.69) is 10.5 Å². The van der Waals surface area contributed by atoms with Crippen LogP contribution < -0.4 is 19.6 Å². The third-order valence-electron chi connectivity index (χ3n) is 3.17. The molecule has 22 heavy (non-hydrogen) atoms. The van der Waals surface area contributed by atoms with Gasteiger partial charge in [-0.2, -0.15) is 5.10 Å². The molecule has 0 aliphatic rings. The number of methoxy groups -OCH3 is 3. The number of hydrogen-bond acceptors (Lipinski definition) is 5. The van der Waals surface area contributed by atoms with Crippen molar-refractivity contribution in [2.75, 3.05) is 21.3 Å². The monoisotopic (exact) mass is 300 g/mol. The van der Waals surface area contributed by atoms with Crippen molar-refractivity contribution in [3.8, 4) is 17.2 Å². The smallest absolute Gasteiger partial charge is 0.161 e. The molecule has 1 N–H and O–H groups in total. The van der Waals surface area contributed by atoms with E-state index >= 15 is 0 Å². The van der Waals surface area contributed by atoms with Gasteiger partial charge in [0.25, 0.3) is 0 Å². The Bertz CT molecular complexity index is 642. The van der Waals surface area contributed by atoms with Gasteiger partial charge in [-0.15, -0.1) is 0 Å². The summed E-state index contributed by atoms with van der Waals surface area (Å²) >= 11 is 0. The van der Waals surface area contributed by atoms with Gasteiger partial charge in [0.05, 0.1) is 34.1 Å². The average Bonchev–Trinajstić information content (AvgIpc) is 2.58. The van der Waals surface area contributed by atoms with Crippen molar-refractivity contribution < 1.29 is 14.2 Å². The number of ether oxygens (including phenoxy) is 3. The van der Waals surface area contributed by atoms with Crippen molar-refractivity contribution in [1.29, 1.82) is 0 Å². The van der Waals surface area contributed by atoms with Gasteiger partial charge in [0.15, 0.2) is 11.5 Å². The minimum atomic E-state index is 0.591. The van der Waals surface area contributed by atoms with E-state index in [1.165, 1.54) is 0 Å². The lowest BCUT2D eigenvalue weighted by molar-refractivity contribution is 0.355. The maximum Gasteiger partial charge on any atom is 0.161 e. The fourth-order valence-electron chi connectivity index (χ4n) is 2.03. The van der Waals surface area contributed by atoms with Gasteiger partial charge in [-0.05, 0) is 29.8 Å². The van der Waals surface area contributed by atoms with Crippen LogP contribution in [0.25, 0.3) is 0 Å². The number of hydrazone groups is 1. The van der Waals surface area contributed by atoms with E-state index in [9.17, 15) is 0 Å². The molecule has 5 nitrogen and oxygen atoms in total. The summed E-state index contributed by atoms with van der Waals surface area (Å²) in [7, 11) is 4.88. The van der Waals surface area contributed by atoms with Gasteiger partial charge >= 0.3 is 0 Å². The third-order valence-corrected chi connectivity index (χ3v) is 3.17. The van der Waals surface area contributed by atoms with Crippen LogP contribution in [0.1, 0.15) is 11.1 Å². The molecule has 2 rings (SSSR count). The number of para-hydroxylation sites is 1. The minimum absolute atomic E-state index is 0.591. The van der Waals surface area contributed by atoms with Gasteiger partial charge in [-0.1, -0.05) is 18.2 Å². The van der Waals surface area contributed by atoms with Crippen molar-refractivity contribution in [1.82, 2.24) is 5.43 Å². The first-order valence-electron chi connectivity index (χ1n) is 6.88. The first-order valence-corrected chi connectivity index (χ1v) is 6.88. The van der Waals surface area contributed by atoms with Crippen molar-refractivity contribution in [2.45, 2.75) is 6.54 Å². The molecule has 0 amide bonds. The topological polar surface area (TPSA) is 52.1 Å². The summed E-state index contributed by atoms with van der Waals surface area (Å²) in [5.74, 6) is 2.22. The second-order valence-corrected chi connectivity index (χ2v) is 4.52. The maximum atomic E-state index is 5.29. The van der Waals surface area contributed by atoms with Crippen molar-refractivity contribution >= 4 is 6.21 Å². The molecule has 0 heterocycles. The number of rotatable bonds is 7. The largest absolute Gasteiger partial charge is 0.496 e. The number of nitrogens with zero attached hydrogens (tertiary/aromatic N) is 1. The maximum absolute atomic E-state index is 5.29. The van der Waals surface area contributed by atoms with Crippen LogP contribution in [-0.4, -0.2) is 27.5 Å². The quantitative estimate of drug-likeness (QED) is 0.631. The second kappa shape index (κ2) is 7.93. The highest BCUT2D eigenvalue weighted by atomic mass is 16.5. The Morgan fingerprint density at radius 3 is 2.36 bits per heavy atom. The molecule has 0 aliphatic carbocycles. The standard InChI is InChI=1S/C17H20N2O3/c1-20-15-7-5-4-6-14(15)12-19-18-11-13-8-9-16(21-2)17(10-13)22-3/h4-11,19H,12H2,1-3H3/b18-11+. The van der Waals surface area contributed by atoms with E-state index in [-0.39, 0.29) is 0 Å². The molecular weight excluding hydrogens is 280 g/mol. The molecule has 0 radical (unpaired) electrons. The summed E-state index contributed by atoms with van der Waals surface area (Å²) in [6, 6.07) is 13.5. The molecule has 2 aromatic carbocycles. The molecule has 0 saturated carbocycles. The van der Waals surface area contributed by atoms with Crippen molar-refractivity contribution in [2.24, 2.45) is 5.10 Å². The summed E-state index contributed by atoms with van der Waals surface area (Å²) in [6.45, 7) is 0.591. The first-order chi connectivity index (χ1) is 10.8. The van der Waals surface area contributed by atoms with Gasteiger partial charge in [0.1, 0.15) is 5.75 Å². The molecule has 5 heteroatoms. The lowest BCUT2D eigenvalue weighted by atomic mass is 10.2. The normalized spacial score (nSPS) is 10.5. The minimum Gasteiger partial charge on any atom is -0.496 e. The number of nitrogens with one attached hydrogen (secondary N) is 1. The highest BCUT2D eigenvalue weighted by Crippen LogP contribution is 2.26. The van der Waals surface area contributed by atoms with Crippen LogP contribution in [0.2, 0.25) is 0 Å². The van der Waals surface area contributed by atoms with Crippen LogP contribution >= 0.6 is 0 Å². The first kappa shape index (κ1) is 15.7. The predicted molar refractivity (Wildman–Crippen MR) is 87.0 cm³/mol. The highest BCUT2D eigenvalue weighted by Gasteiger charge is 2.03. The predicted octanol–water partition coefficient (Wildman–Crippen LogP) is 2.84. The van der Waals surface area contributed by atoms with Crippen LogP contribution in [-0.2, 0) is 6.54 Å². The summed E-state index contributed by atoms with van der Waals surface area (Å²) in [5, 5.41) is 4.22. The van der Waals surface area contributed by atoms with Gasteiger partial charge in [0, 0.05) is 5.56 Å².